The molecule has 0 atom stereocenters. The molecule has 0 aliphatic rings. The largest absolute Gasteiger partial charge is 0.391 e. The smallest absolute Gasteiger partial charge is 0.188 e. The number of nitrogens with one attached hydrogen (secondary N) is 1. The second-order valence-electron chi connectivity index (χ2n) is 6.56. The maximum absolute atomic E-state index is 11.6. The summed E-state index contributed by atoms with van der Waals surface area (Å²) in [7, 11) is -3.22. The van der Waals surface area contributed by atoms with E-state index in [2.05, 4.69) is 42.3 Å². The molecule has 0 saturated heterocycles. The predicted octanol–water partition coefficient (Wildman–Crippen LogP) is 4.57. The van der Waals surface area contributed by atoms with Gasteiger partial charge in [0.25, 0.3) is 0 Å². The summed E-state index contributed by atoms with van der Waals surface area (Å²) in [4.78, 5) is 5.75. The number of rotatable bonds is 7. The first-order valence-corrected chi connectivity index (χ1v) is 11.9. The maximum atomic E-state index is 11.6. The summed E-state index contributed by atoms with van der Waals surface area (Å²) >= 11 is 1.39. The van der Waals surface area contributed by atoms with Crippen molar-refractivity contribution in [2.45, 2.75) is 38.2 Å². The van der Waals surface area contributed by atoms with Crippen LogP contribution < -0.4 is 5.32 Å². The van der Waals surface area contributed by atoms with Crippen molar-refractivity contribution < 1.29 is 13.5 Å². The van der Waals surface area contributed by atoms with Crippen LogP contribution in [0.5, 0.6) is 0 Å². The minimum absolute atomic E-state index is 0.0846. The Hall–Kier alpha value is -2.22. The molecule has 2 N–H and O–H groups in total. The van der Waals surface area contributed by atoms with Crippen LogP contribution in [0.1, 0.15) is 29.9 Å². The highest BCUT2D eigenvalue weighted by atomic mass is 32.2. The SMILES string of the molecule is CCc1ccc(-c2nc(Nc3ccc(S(C)(=O)=O)cc3)sc2CO)cc1CC. The van der Waals surface area contributed by atoms with Crippen molar-refractivity contribution >= 4 is 32.0 Å². The molecule has 0 amide bonds. The Balaban J connectivity index is 1.91. The van der Waals surface area contributed by atoms with Gasteiger partial charge in [0.2, 0.25) is 0 Å². The average Bonchev–Trinajstić information content (AvgIpc) is 3.10. The molecule has 0 aliphatic carbocycles. The van der Waals surface area contributed by atoms with Crippen LogP contribution in [0.3, 0.4) is 0 Å². The van der Waals surface area contributed by atoms with Crippen molar-refractivity contribution in [3.05, 3.63) is 58.5 Å². The molecule has 1 aromatic heterocycles. The third kappa shape index (κ3) is 4.43. The number of hydrogen-bond donors (Lipinski definition) is 2. The van der Waals surface area contributed by atoms with Crippen LogP contribution in [0.25, 0.3) is 11.3 Å². The Morgan fingerprint density at radius 3 is 2.29 bits per heavy atom. The zero-order valence-corrected chi connectivity index (χ0v) is 17.8. The van der Waals surface area contributed by atoms with E-state index < -0.39 is 9.84 Å². The van der Waals surface area contributed by atoms with Gasteiger partial charge in [-0.25, -0.2) is 13.4 Å². The summed E-state index contributed by atoms with van der Waals surface area (Å²) < 4.78 is 23.2. The van der Waals surface area contributed by atoms with Crippen LogP contribution in [0, 0.1) is 0 Å². The number of aryl methyl sites for hydroxylation is 2. The molecule has 0 fully saturated rings. The number of aliphatic hydroxyl groups excluding tert-OH is 1. The molecule has 0 aliphatic heterocycles. The standard InChI is InChI=1S/C21H24N2O3S2/c1-4-14-6-7-16(12-15(14)5-2)20-19(13-24)27-21(23-20)22-17-8-10-18(11-9-17)28(3,25)26/h6-12,24H,4-5,13H2,1-3H3,(H,22,23). The van der Waals surface area contributed by atoms with Gasteiger partial charge in [0.15, 0.2) is 15.0 Å². The van der Waals surface area contributed by atoms with Crippen molar-refractivity contribution in [1.82, 2.24) is 4.98 Å². The van der Waals surface area contributed by atoms with Gasteiger partial charge in [-0.1, -0.05) is 37.3 Å². The van der Waals surface area contributed by atoms with Crippen LogP contribution in [0.15, 0.2) is 47.4 Å². The van der Waals surface area contributed by atoms with Crippen LogP contribution in [-0.4, -0.2) is 24.8 Å². The second kappa shape index (κ2) is 8.43. The third-order valence-corrected chi connectivity index (χ3v) is 6.70. The summed E-state index contributed by atoms with van der Waals surface area (Å²) in [5.74, 6) is 0. The number of sulfone groups is 1. The van der Waals surface area contributed by atoms with Gasteiger partial charge in [-0.3, -0.25) is 0 Å². The van der Waals surface area contributed by atoms with E-state index in [4.69, 9.17) is 0 Å². The summed E-state index contributed by atoms with van der Waals surface area (Å²) in [6.07, 6.45) is 3.13. The van der Waals surface area contributed by atoms with Crippen molar-refractivity contribution in [2.24, 2.45) is 0 Å². The predicted molar refractivity (Wildman–Crippen MR) is 115 cm³/mol. The summed E-state index contributed by atoms with van der Waals surface area (Å²) in [5, 5.41) is 13.6. The molecule has 1 heterocycles. The molecule has 0 unspecified atom stereocenters. The molecule has 0 bridgehead atoms. The van der Waals surface area contributed by atoms with E-state index in [1.54, 1.807) is 24.3 Å². The van der Waals surface area contributed by atoms with Crippen LogP contribution >= 0.6 is 11.3 Å². The highest BCUT2D eigenvalue weighted by molar-refractivity contribution is 7.90. The fraction of sp³-hybridized carbons (Fsp3) is 0.286. The molecule has 3 aromatic rings. The molecule has 0 saturated carbocycles. The van der Waals surface area contributed by atoms with Gasteiger partial charge in [-0.2, -0.15) is 0 Å². The molecule has 148 valence electrons. The molecule has 3 rings (SSSR count). The molecule has 2 aromatic carbocycles. The Morgan fingerprint density at radius 2 is 1.71 bits per heavy atom. The minimum Gasteiger partial charge on any atom is -0.391 e. The van der Waals surface area contributed by atoms with Gasteiger partial charge in [0, 0.05) is 17.5 Å². The van der Waals surface area contributed by atoms with Gasteiger partial charge < -0.3 is 10.4 Å². The second-order valence-corrected chi connectivity index (χ2v) is 9.66. The lowest BCUT2D eigenvalue weighted by molar-refractivity contribution is 0.286. The number of thiazole rings is 1. The van der Waals surface area contributed by atoms with E-state index in [1.165, 1.54) is 28.7 Å². The highest BCUT2D eigenvalue weighted by Gasteiger charge is 2.14. The van der Waals surface area contributed by atoms with Gasteiger partial charge in [0.1, 0.15) is 0 Å². The van der Waals surface area contributed by atoms with Crippen molar-refractivity contribution in [1.29, 1.82) is 0 Å². The van der Waals surface area contributed by atoms with E-state index in [-0.39, 0.29) is 11.5 Å². The van der Waals surface area contributed by atoms with E-state index in [1.807, 2.05) is 0 Å². The number of aliphatic hydroxyl groups is 1. The molecule has 0 radical (unpaired) electrons. The molecule has 5 nitrogen and oxygen atoms in total. The zero-order chi connectivity index (χ0) is 20.3. The monoisotopic (exact) mass is 416 g/mol. The molecule has 28 heavy (non-hydrogen) atoms. The Bertz CT molecular complexity index is 1070. The topological polar surface area (TPSA) is 79.3 Å². The Kier molecular flexibility index (Phi) is 6.17. The quantitative estimate of drug-likeness (QED) is 0.590. The van der Waals surface area contributed by atoms with E-state index >= 15 is 0 Å². The van der Waals surface area contributed by atoms with Crippen molar-refractivity contribution in [3.8, 4) is 11.3 Å². The number of aromatic nitrogens is 1. The fourth-order valence-electron chi connectivity index (χ4n) is 3.09. The summed E-state index contributed by atoms with van der Waals surface area (Å²) in [5.41, 5.74) is 5.14. The number of benzene rings is 2. The lowest BCUT2D eigenvalue weighted by atomic mass is 9.98. The molecule has 0 spiro atoms. The normalized spacial score (nSPS) is 11.6. The van der Waals surface area contributed by atoms with Crippen molar-refractivity contribution in [3.63, 3.8) is 0 Å². The van der Waals surface area contributed by atoms with E-state index in [0.29, 0.717) is 5.13 Å². The van der Waals surface area contributed by atoms with Gasteiger partial charge in [-0.15, -0.1) is 0 Å². The number of anilines is 2. The van der Waals surface area contributed by atoms with Crippen LogP contribution in [0.2, 0.25) is 0 Å². The van der Waals surface area contributed by atoms with E-state index in [0.717, 1.165) is 34.7 Å². The van der Waals surface area contributed by atoms with Crippen molar-refractivity contribution in [2.75, 3.05) is 11.6 Å². The number of nitrogens with zero attached hydrogens (tertiary/aromatic N) is 1. The number of hydrogen-bond acceptors (Lipinski definition) is 6. The maximum Gasteiger partial charge on any atom is 0.188 e. The molecule has 7 heteroatoms. The van der Waals surface area contributed by atoms with E-state index in [9.17, 15) is 13.5 Å². The van der Waals surface area contributed by atoms with Crippen LogP contribution in [-0.2, 0) is 29.3 Å². The summed E-state index contributed by atoms with van der Waals surface area (Å²) in [6.45, 7) is 4.20. The lowest BCUT2D eigenvalue weighted by Crippen LogP contribution is -1.97. The van der Waals surface area contributed by atoms with Gasteiger partial charge in [0.05, 0.1) is 22.1 Å². The zero-order valence-electron chi connectivity index (χ0n) is 16.2. The van der Waals surface area contributed by atoms with Gasteiger partial charge in [-0.05, 0) is 54.3 Å². The molecular formula is C21H24N2O3S2. The average molecular weight is 417 g/mol. The first kappa shape index (κ1) is 20.5. The van der Waals surface area contributed by atoms with Crippen LogP contribution in [0.4, 0.5) is 10.8 Å². The lowest BCUT2D eigenvalue weighted by Gasteiger charge is -2.08. The first-order chi connectivity index (χ1) is 13.4. The fourth-order valence-corrected chi connectivity index (χ4v) is 4.59. The Morgan fingerprint density at radius 1 is 1.04 bits per heavy atom. The highest BCUT2D eigenvalue weighted by Crippen LogP contribution is 2.34. The molecular weight excluding hydrogens is 392 g/mol. The summed E-state index contributed by atoms with van der Waals surface area (Å²) in [6, 6.07) is 12.9. The van der Waals surface area contributed by atoms with Gasteiger partial charge >= 0.3 is 0 Å². The Labute approximate surface area is 170 Å². The first-order valence-electron chi connectivity index (χ1n) is 9.15. The minimum atomic E-state index is -3.22. The third-order valence-electron chi connectivity index (χ3n) is 4.62.